The van der Waals surface area contributed by atoms with Gasteiger partial charge in [0.05, 0.1) is 18.1 Å². The number of benzene rings is 1. The monoisotopic (exact) mass is 290 g/mol. The maximum absolute atomic E-state index is 12.3. The van der Waals surface area contributed by atoms with Gasteiger partial charge in [0, 0.05) is 5.92 Å². The minimum Gasteiger partial charge on any atom is -0.466 e. The van der Waals surface area contributed by atoms with E-state index < -0.39 is 11.5 Å². The minimum absolute atomic E-state index is 0.0156. The highest BCUT2D eigenvalue weighted by Crippen LogP contribution is 2.46. The first-order chi connectivity index (χ1) is 10.1. The Kier molecular flexibility index (Phi) is 5.40. The summed E-state index contributed by atoms with van der Waals surface area (Å²) >= 11 is 0. The highest BCUT2D eigenvalue weighted by Gasteiger charge is 2.48. The number of hydrogen-bond donors (Lipinski definition) is 1. The number of carbonyl (C=O) groups is 1. The Labute approximate surface area is 127 Å². The van der Waals surface area contributed by atoms with Crippen molar-refractivity contribution in [3.05, 3.63) is 35.9 Å². The summed E-state index contributed by atoms with van der Waals surface area (Å²) in [5.74, 6) is -0.685. The first-order valence-corrected chi connectivity index (χ1v) is 8.07. The fraction of sp³-hybridized carbons (Fsp3) is 0.611. The van der Waals surface area contributed by atoms with Crippen LogP contribution in [0.25, 0.3) is 0 Å². The fourth-order valence-corrected chi connectivity index (χ4v) is 3.71. The molecule has 0 amide bonds. The number of ether oxygens (including phenoxy) is 1. The molecule has 116 valence electrons. The predicted molar refractivity (Wildman–Crippen MR) is 83.0 cm³/mol. The maximum Gasteiger partial charge on any atom is 0.311 e. The molecule has 1 fully saturated rings. The van der Waals surface area contributed by atoms with Crippen LogP contribution in [0.5, 0.6) is 0 Å². The Morgan fingerprint density at radius 1 is 1.33 bits per heavy atom. The van der Waals surface area contributed by atoms with E-state index in [1.807, 2.05) is 32.0 Å². The lowest BCUT2D eigenvalue weighted by Gasteiger charge is -2.44. The molecule has 3 atom stereocenters. The van der Waals surface area contributed by atoms with Crippen molar-refractivity contribution in [2.45, 2.75) is 57.5 Å². The van der Waals surface area contributed by atoms with Crippen molar-refractivity contribution in [3.63, 3.8) is 0 Å². The molecule has 3 unspecified atom stereocenters. The van der Waals surface area contributed by atoms with Crippen LogP contribution >= 0.6 is 0 Å². The topological polar surface area (TPSA) is 46.5 Å². The fourth-order valence-electron chi connectivity index (χ4n) is 3.71. The Hall–Kier alpha value is -1.35. The second kappa shape index (κ2) is 7.08. The van der Waals surface area contributed by atoms with Gasteiger partial charge in [-0.15, -0.1) is 0 Å². The summed E-state index contributed by atoms with van der Waals surface area (Å²) in [6.45, 7) is 4.13. The molecule has 1 N–H and O–H groups in total. The second-order valence-electron chi connectivity index (χ2n) is 5.91. The lowest BCUT2D eigenvalue weighted by molar-refractivity contribution is -0.163. The molecule has 0 spiro atoms. The normalized spacial score (nSPS) is 27.1. The van der Waals surface area contributed by atoms with E-state index >= 15 is 0 Å². The second-order valence-corrected chi connectivity index (χ2v) is 5.91. The van der Waals surface area contributed by atoms with Crippen LogP contribution in [0.3, 0.4) is 0 Å². The lowest BCUT2D eigenvalue weighted by Crippen LogP contribution is -2.49. The summed E-state index contributed by atoms with van der Waals surface area (Å²) in [5.41, 5.74) is 0.142. The average molecular weight is 290 g/mol. The first-order valence-electron chi connectivity index (χ1n) is 8.07. The zero-order valence-electron chi connectivity index (χ0n) is 13.0. The Balaban J connectivity index is 2.32. The predicted octanol–water partition coefficient (Wildman–Crippen LogP) is 3.66. The Morgan fingerprint density at radius 3 is 2.67 bits per heavy atom. The van der Waals surface area contributed by atoms with E-state index in [1.54, 1.807) is 0 Å². The van der Waals surface area contributed by atoms with Crippen LogP contribution in [-0.4, -0.2) is 23.3 Å². The number of hydrogen-bond acceptors (Lipinski definition) is 3. The SMILES string of the molecule is CCOC(=O)C(CC)C1(O)CCCCC1c1ccccc1. The van der Waals surface area contributed by atoms with E-state index in [4.69, 9.17) is 4.74 Å². The van der Waals surface area contributed by atoms with Gasteiger partial charge in [0.1, 0.15) is 0 Å². The molecule has 1 aromatic carbocycles. The molecule has 2 rings (SSSR count). The molecule has 3 nitrogen and oxygen atoms in total. The molecule has 1 aliphatic rings. The van der Waals surface area contributed by atoms with Crippen molar-refractivity contribution in [1.82, 2.24) is 0 Å². The molecule has 0 saturated heterocycles. The van der Waals surface area contributed by atoms with Crippen LogP contribution in [0.4, 0.5) is 0 Å². The molecule has 1 aliphatic carbocycles. The van der Waals surface area contributed by atoms with Crippen LogP contribution in [-0.2, 0) is 9.53 Å². The highest BCUT2D eigenvalue weighted by molar-refractivity contribution is 5.74. The molecule has 3 heteroatoms. The summed E-state index contributed by atoms with van der Waals surface area (Å²) in [7, 11) is 0. The van der Waals surface area contributed by atoms with Gasteiger partial charge < -0.3 is 9.84 Å². The molecule has 0 radical (unpaired) electrons. The quantitative estimate of drug-likeness (QED) is 0.842. The Bertz CT molecular complexity index is 457. The summed E-state index contributed by atoms with van der Waals surface area (Å²) in [4.78, 5) is 12.3. The molecule has 1 saturated carbocycles. The van der Waals surface area contributed by atoms with Crippen LogP contribution < -0.4 is 0 Å². The third-order valence-electron chi connectivity index (χ3n) is 4.71. The Morgan fingerprint density at radius 2 is 2.05 bits per heavy atom. The first kappa shape index (κ1) is 16.0. The third-order valence-corrected chi connectivity index (χ3v) is 4.71. The van der Waals surface area contributed by atoms with E-state index in [1.165, 1.54) is 0 Å². The van der Waals surface area contributed by atoms with Crippen LogP contribution in [0.15, 0.2) is 30.3 Å². The van der Waals surface area contributed by atoms with Crippen LogP contribution in [0, 0.1) is 5.92 Å². The van der Waals surface area contributed by atoms with Crippen molar-refractivity contribution in [3.8, 4) is 0 Å². The molecule has 0 heterocycles. The molecule has 0 aromatic heterocycles. The van der Waals surface area contributed by atoms with Crippen LogP contribution in [0.1, 0.15) is 57.4 Å². The van der Waals surface area contributed by atoms with Crippen molar-refractivity contribution in [1.29, 1.82) is 0 Å². The molecule has 21 heavy (non-hydrogen) atoms. The maximum atomic E-state index is 12.3. The number of carbonyl (C=O) groups excluding carboxylic acids is 1. The molecule has 0 aliphatic heterocycles. The van der Waals surface area contributed by atoms with E-state index in [2.05, 4.69) is 12.1 Å². The zero-order valence-corrected chi connectivity index (χ0v) is 13.0. The van der Waals surface area contributed by atoms with E-state index in [-0.39, 0.29) is 11.9 Å². The lowest BCUT2D eigenvalue weighted by atomic mass is 9.65. The van der Waals surface area contributed by atoms with Crippen LogP contribution in [0.2, 0.25) is 0 Å². The van der Waals surface area contributed by atoms with Gasteiger partial charge in [-0.25, -0.2) is 0 Å². The summed E-state index contributed by atoms with van der Waals surface area (Å²) < 4.78 is 5.20. The molecule has 1 aromatic rings. The van der Waals surface area contributed by atoms with E-state index in [9.17, 15) is 9.90 Å². The molecule has 0 bridgehead atoms. The van der Waals surface area contributed by atoms with E-state index in [0.29, 0.717) is 19.4 Å². The van der Waals surface area contributed by atoms with Gasteiger partial charge in [0.15, 0.2) is 0 Å². The highest BCUT2D eigenvalue weighted by atomic mass is 16.5. The number of rotatable bonds is 5. The summed E-state index contributed by atoms with van der Waals surface area (Å²) in [6.07, 6.45) is 4.27. The van der Waals surface area contributed by atoms with Crippen molar-refractivity contribution in [2.75, 3.05) is 6.61 Å². The van der Waals surface area contributed by atoms with Gasteiger partial charge in [-0.1, -0.05) is 50.1 Å². The standard InChI is InChI=1S/C18H26O3/c1-3-15(17(19)21-4-2)18(20)13-9-8-12-16(18)14-10-6-5-7-11-14/h5-7,10-11,15-16,20H,3-4,8-9,12-13H2,1-2H3. The van der Waals surface area contributed by atoms with Crippen molar-refractivity contribution in [2.24, 2.45) is 5.92 Å². The molecular weight excluding hydrogens is 264 g/mol. The van der Waals surface area contributed by atoms with Gasteiger partial charge in [-0.05, 0) is 31.7 Å². The summed E-state index contributed by atoms with van der Waals surface area (Å²) in [5, 5.41) is 11.3. The minimum atomic E-state index is -0.986. The smallest absolute Gasteiger partial charge is 0.311 e. The summed E-state index contributed by atoms with van der Waals surface area (Å²) in [6, 6.07) is 10.1. The average Bonchev–Trinajstić information content (AvgIpc) is 2.49. The molecular formula is C18H26O3. The van der Waals surface area contributed by atoms with Crippen molar-refractivity contribution < 1.29 is 14.6 Å². The van der Waals surface area contributed by atoms with Crippen molar-refractivity contribution >= 4 is 5.97 Å². The van der Waals surface area contributed by atoms with Gasteiger partial charge in [-0.2, -0.15) is 0 Å². The van der Waals surface area contributed by atoms with Gasteiger partial charge in [0.2, 0.25) is 0 Å². The van der Waals surface area contributed by atoms with Gasteiger partial charge in [0.25, 0.3) is 0 Å². The third kappa shape index (κ3) is 3.29. The zero-order chi connectivity index (χ0) is 15.3. The largest absolute Gasteiger partial charge is 0.466 e. The number of aliphatic hydroxyl groups is 1. The number of esters is 1. The van der Waals surface area contributed by atoms with Gasteiger partial charge >= 0.3 is 5.97 Å². The van der Waals surface area contributed by atoms with E-state index in [0.717, 1.165) is 24.8 Å². The van der Waals surface area contributed by atoms with Gasteiger partial charge in [-0.3, -0.25) is 4.79 Å².